The van der Waals surface area contributed by atoms with Crippen molar-refractivity contribution in [1.82, 2.24) is 0 Å². The first kappa shape index (κ1) is 21.0. The van der Waals surface area contributed by atoms with E-state index in [9.17, 15) is 0 Å². The van der Waals surface area contributed by atoms with E-state index >= 15 is 0 Å². The van der Waals surface area contributed by atoms with Crippen molar-refractivity contribution in [2.24, 2.45) is 0 Å². The molecule has 1 nitrogen and oxygen atoms in total. The summed E-state index contributed by atoms with van der Waals surface area (Å²) in [5, 5.41) is 7.88. The fourth-order valence-electron chi connectivity index (χ4n) is 5.61. The van der Waals surface area contributed by atoms with Crippen molar-refractivity contribution < 1.29 is 0 Å². The van der Waals surface area contributed by atoms with Crippen molar-refractivity contribution in [3.05, 3.63) is 127 Å². The molecule has 8 aromatic rings. The fourth-order valence-corrected chi connectivity index (χ4v) is 8.08. The van der Waals surface area contributed by atoms with E-state index in [0.717, 1.165) is 0 Å². The third-order valence-electron chi connectivity index (χ3n) is 7.24. The highest BCUT2D eigenvalue weighted by atomic mass is 32.1. The Balaban J connectivity index is 1.49. The van der Waals surface area contributed by atoms with Crippen LogP contribution in [0.3, 0.4) is 0 Å². The van der Waals surface area contributed by atoms with Gasteiger partial charge in [0.1, 0.15) is 0 Å². The number of nitrogens with zero attached hydrogens (tertiary/aromatic N) is 1. The summed E-state index contributed by atoms with van der Waals surface area (Å²) < 4.78 is 5.31. The van der Waals surface area contributed by atoms with E-state index in [-0.39, 0.29) is 0 Å². The lowest BCUT2D eigenvalue weighted by molar-refractivity contribution is 1.32. The Bertz CT molecular complexity index is 2100. The summed E-state index contributed by atoms with van der Waals surface area (Å²) in [6, 6.07) is 46.3. The second-order valence-electron chi connectivity index (χ2n) is 9.34. The maximum Gasteiger partial charge on any atom is 0.0640 e. The second kappa shape index (κ2) is 8.17. The number of thiophene rings is 2. The molecule has 0 N–H and O–H groups in total. The molecule has 0 unspecified atom stereocenters. The molecule has 0 bridgehead atoms. The minimum absolute atomic E-state index is 1.17. The van der Waals surface area contributed by atoms with E-state index in [2.05, 4.69) is 132 Å². The zero-order valence-corrected chi connectivity index (χ0v) is 21.5. The second-order valence-corrected chi connectivity index (χ2v) is 11.4. The molecule has 3 heteroatoms. The largest absolute Gasteiger partial charge is 0.308 e. The molecule has 0 aliphatic carbocycles. The molecule has 0 spiro atoms. The van der Waals surface area contributed by atoms with Crippen molar-refractivity contribution in [3.63, 3.8) is 0 Å². The zero-order valence-electron chi connectivity index (χ0n) is 19.9. The summed E-state index contributed by atoms with van der Waals surface area (Å²) in [6.45, 7) is 0. The molecular weight excluding hydrogens is 487 g/mol. The van der Waals surface area contributed by atoms with Gasteiger partial charge in [-0.25, -0.2) is 0 Å². The Kier molecular flexibility index (Phi) is 4.63. The van der Waals surface area contributed by atoms with Crippen LogP contribution in [0.4, 0.5) is 17.1 Å². The maximum absolute atomic E-state index is 2.46. The third kappa shape index (κ3) is 3.15. The summed E-state index contributed by atoms with van der Waals surface area (Å²) >= 11 is 3.78. The van der Waals surface area contributed by atoms with Crippen LogP contribution in [-0.4, -0.2) is 0 Å². The summed E-state index contributed by atoms with van der Waals surface area (Å²) in [5.41, 5.74) is 3.60. The van der Waals surface area contributed by atoms with E-state index in [1.165, 1.54) is 68.2 Å². The summed E-state index contributed by atoms with van der Waals surface area (Å²) in [6.07, 6.45) is 0. The van der Waals surface area contributed by atoms with Crippen molar-refractivity contribution in [1.29, 1.82) is 0 Å². The first-order chi connectivity index (χ1) is 18.4. The minimum atomic E-state index is 1.17. The van der Waals surface area contributed by atoms with E-state index < -0.39 is 0 Å². The van der Waals surface area contributed by atoms with Crippen molar-refractivity contribution >= 4 is 90.9 Å². The van der Waals surface area contributed by atoms with Gasteiger partial charge in [0.05, 0.1) is 16.1 Å². The van der Waals surface area contributed by atoms with Crippen molar-refractivity contribution in [2.45, 2.75) is 0 Å². The predicted molar refractivity (Wildman–Crippen MR) is 164 cm³/mol. The van der Waals surface area contributed by atoms with Gasteiger partial charge in [-0.1, -0.05) is 91.0 Å². The monoisotopic (exact) mass is 507 g/mol. The Morgan fingerprint density at radius 3 is 2.00 bits per heavy atom. The SMILES string of the molecule is c1ccc(N(c2cccc3c2sc2ccccc23)c2cccc3sc4c5ccccc5ccc4c23)cc1. The van der Waals surface area contributed by atoms with Gasteiger partial charge in [-0.2, -0.15) is 0 Å². The summed E-state index contributed by atoms with van der Waals surface area (Å²) in [7, 11) is 0. The number of para-hydroxylation sites is 1. The highest BCUT2D eigenvalue weighted by Crippen LogP contribution is 2.49. The smallest absolute Gasteiger partial charge is 0.0640 e. The first-order valence-corrected chi connectivity index (χ1v) is 14.1. The van der Waals surface area contributed by atoms with Crippen LogP contribution in [0.1, 0.15) is 0 Å². The zero-order chi connectivity index (χ0) is 24.3. The Morgan fingerprint density at radius 2 is 1.08 bits per heavy atom. The number of benzene rings is 6. The molecule has 0 aliphatic heterocycles. The van der Waals surface area contributed by atoms with E-state index in [4.69, 9.17) is 0 Å². The van der Waals surface area contributed by atoms with Crippen LogP contribution in [0, 0.1) is 0 Å². The van der Waals surface area contributed by atoms with Gasteiger partial charge in [-0.3, -0.25) is 0 Å². The molecule has 6 aromatic carbocycles. The van der Waals surface area contributed by atoms with Crippen LogP contribution < -0.4 is 4.90 Å². The molecule has 0 fully saturated rings. The van der Waals surface area contributed by atoms with Crippen molar-refractivity contribution in [2.75, 3.05) is 4.90 Å². The molecule has 0 radical (unpaired) electrons. The predicted octanol–water partition coefficient (Wildman–Crippen LogP) is 11.0. The lowest BCUT2D eigenvalue weighted by Crippen LogP contribution is -2.10. The van der Waals surface area contributed by atoms with Gasteiger partial charge in [-0.05, 0) is 47.2 Å². The molecule has 0 saturated carbocycles. The number of rotatable bonds is 3. The topological polar surface area (TPSA) is 3.24 Å². The van der Waals surface area contributed by atoms with E-state index in [1.807, 2.05) is 22.7 Å². The third-order valence-corrected chi connectivity index (χ3v) is 9.66. The first-order valence-electron chi connectivity index (χ1n) is 12.5. The molecule has 2 aromatic heterocycles. The van der Waals surface area contributed by atoms with Gasteiger partial charge in [0.2, 0.25) is 0 Å². The number of anilines is 3. The average molecular weight is 508 g/mol. The summed E-state index contributed by atoms with van der Waals surface area (Å²) in [5.74, 6) is 0. The van der Waals surface area contributed by atoms with Crippen LogP contribution in [0.25, 0.3) is 51.1 Å². The van der Waals surface area contributed by atoms with Gasteiger partial charge in [0.25, 0.3) is 0 Å². The normalized spacial score (nSPS) is 11.8. The minimum Gasteiger partial charge on any atom is -0.308 e. The summed E-state index contributed by atoms with van der Waals surface area (Å²) in [4.78, 5) is 2.46. The average Bonchev–Trinajstić information content (AvgIpc) is 3.54. The molecular formula is C34H21NS2. The Hall–Kier alpha value is -4.18. The van der Waals surface area contributed by atoms with Gasteiger partial charge in [-0.15, -0.1) is 22.7 Å². The standard InChI is InChI=1S/C34H21NS2/c1-2-11-23(12-3-1)35(29-17-8-15-26-25-14-6-7-18-30(25)36-34(26)29)28-16-9-19-31-32(28)27-21-20-22-10-4-5-13-24(22)33(27)37-31/h1-21H. The van der Waals surface area contributed by atoms with Gasteiger partial charge in [0, 0.05) is 41.3 Å². The number of hydrogen-bond acceptors (Lipinski definition) is 3. The highest BCUT2D eigenvalue weighted by Gasteiger charge is 2.21. The van der Waals surface area contributed by atoms with Crippen LogP contribution in [0.5, 0.6) is 0 Å². The number of hydrogen-bond donors (Lipinski definition) is 0. The van der Waals surface area contributed by atoms with E-state index in [1.54, 1.807) is 0 Å². The molecule has 0 aliphatic rings. The van der Waals surface area contributed by atoms with Crippen molar-refractivity contribution in [3.8, 4) is 0 Å². The maximum atomic E-state index is 2.46. The Morgan fingerprint density at radius 1 is 0.405 bits per heavy atom. The lowest BCUT2D eigenvalue weighted by atomic mass is 10.0. The Labute approximate surface area is 222 Å². The molecule has 0 amide bonds. The van der Waals surface area contributed by atoms with Gasteiger partial charge in [0.15, 0.2) is 0 Å². The van der Waals surface area contributed by atoms with Gasteiger partial charge < -0.3 is 4.90 Å². The van der Waals surface area contributed by atoms with Gasteiger partial charge >= 0.3 is 0 Å². The fraction of sp³-hybridized carbons (Fsp3) is 0. The molecule has 174 valence electrons. The molecule has 0 saturated heterocycles. The molecule has 37 heavy (non-hydrogen) atoms. The molecule has 2 heterocycles. The molecule has 0 atom stereocenters. The lowest BCUT2D eigenvalue weighted by Gasteiger charge is -2.27. The highest BCUT2D eigenvalue weighted by molar-refractivity contribution is 7.27. The van der Waals surface area contributed by atoms with E-state index in [0.29, 0.717) is 0 Å². The van der Waals surface area contributed by atoms with Crippen LogP contribution >= 0.6 is 22.7 Å². The number of fused-ring (bicyclic) bond motifs is 8. The quantitative estimate of drug-likeness (QED) is 0.230. The van der Waals surface area contributed by atoms with Crippen LogP contribution in [0.15, 0.2) is 127 Å². The van der Waals surface area contributed by atoms with Crippen LogP contribution in [0.2, 0.25) is 0 Å². The van der Waals surface area contributed by atoms with Crippen LogP contribution in [-0.2, 0) is 0 Å². The molecule has 8 rings (SSSR count).